The van der Waals surface area contributed by atoms with Gasteiger partial charge in [-0.1, -0.05) is 41.6 Å². The van der Waals surface area contributed by atoms with Crippen LogP contribution in [0, 0.1) is 13.8 Å². The third kappa shape index (κ3) is 3.45. The van der Waals surface area contributed by atoms with E-state index in [1.165, 1.54) is 0 Å². The average Bonchev–Trinajstić information content (AvgIpc) is 3.05. The molecule has 2 aromatic carbocycles. The van der Waals surface area contributed by atoms with Gasteiger partial charge in [0.2, 0.25) is 11.7 Å². The Morgan fingerprint density at radius 1 is 1.09 bits per heavy atom. The second-order valence-electron chi connectivity index (χ2n) is 5.36. The summed E-state index contributed by atoms with van der Waals surface area (Å²) in [5.41, 5.74) is 3.74. The Morgan fingerprint density at radius 3 is 2.61 bits per heavy atom. The lowest BCUT2D eigenvalue weighted by Gasteiger charge is -2.05. The minimum atomic E-state index is -0.160. The van der Waals surface area contributed by atoms with E-state index in [0.29, 0.717) is 17.3 Å². The molecule has 116 valence electrons. The molecular weight excluding hydrogens is 290 g/mol. The lowest BCUT2D eigenvalue weighted by atomic mass is 10.1. The summed E-state index contributed by atoms with van der Waals surface area (Å²) in [5.74, 6) is 0.731. The zero-order chi connectivity index (χ0) is 16.2. The maximum absolute atomic E-state index is 12.2. The molecule has 1 aromatic heterocycles. The SMILES string of the molecule is Cc1ccc(C(=O)NCc2nc(-c3ccccc3)no2)cc1C. The highest BCUT2D eigenvalue weighted by atomic mass is 16.5. The Bertz CT molecular complexity index is 825. The van der Waals surface area contributed by atoms with E-state index < -0.39 is 0 Å². The van der Waals surface area contributed by atoms with E-state index in [1.54, 1.807) is 6.07 Å². The third-order valence-electron chi connectivity index (χ3n) is 3.67. The van der Waals surface area contributed by atoms with Crippen LogP contribution in [-0.4, -0.2) is 16.0 Å². The van der Waals surface area contributed by atoms with Crippen molar-refractivity contribution in [2.24, 2.45) is 0 Å². The van der Waals surface area contributed by atoms with Crippen molar-refractivity contribution < 1.29 is 9.32 Å². The van der Waals surface area contributed by atoms with E-state index in [4.69, 9.17) is 4.52 Å². The maximum atomic E-state index is 12.2. The van der Waals surface area contributed by atoms with Gasteiger partial charge < -0.3 is 9.84 Å². The Kier molecular flexibility index (Phi) is 4.19. The number of carbonyl (C=O) groups is 1. The van der Waals surface area contributed by atoms with Crippen molar-refractivity contribution in [2.75, 3.05) is 0 Å². The number of aryl methyl sites for hydroxylation is 2. The quantitative estimate of drug-likeness (QED) is 0.803. The number of nitrogens with zero attached hydrogens (tertiary/aromatic N) is 2. The van der Waals surface area contributed by atoms with Gasteiger partial charge in [-0.05, 0) is 37.1 Å². The first-order valence-corrected chi connectivity index (χ1v) is 7.37. The summed E-state index contributed by atoms with van der Waals surface area (Å²) < 4.78 is 5.17. The van der Waals surface area contributed by atoms with E-state index >= 15 is 0 Å². The van der Waals surface area contributed by atoms with Gasteiger partial charge in [-0.25, -0.2) is 0 Å². The molecule has 3 rings (SSSR count). The number of carbonyl (C=O) groups excluding carboxylic acids is 1. The summed E-state index contributed by atoms with van der Waals surface area (Å²) in [6, 6.07) is 15.2. The Balaban J connectivity index is 1.65. The molecule has 5 heteroatoms. The number of benzene rings is 2. The number of nitrogens with one attached hydrogen (secondary N) is 1. The molecule has 5 nitrogen and oxygen atoms in total. The highest BCUT2D eigenvalue weighted by molar-refractivity contribution is 5.94. The molecule has 3 aromatic rings. The Hall–Kier alpha value is -2.95. The summed E-state index contributed by atoms with van der Waals surface area (Å²) in [5, 5.41) is 6.72. The lowest BCUT2D eigenvalue weighted by molar-refractivity contribution is 0.0946. The minimum Gasteiger partial charge on any atom is -0.343 e. The molecule has 1 amide bonds. The van der Waals surface area contributed by atoms with Gasteiger partial charge in [0.15, 0.2) is 0 Å². The Labute approximate surface area is 134 Å². The first-order chi connectivity index (χ1) is 11.1. The molecule has 0 unspecified atom stereocenters. The van der Waals surface area contributed by atoms with E-state index in [0.717, 1.165) is 16.7 Å². The molecule has 1 heterocycles. The fourth-order valence-corrected chi connectivity index (χ4v) is 2.17. The van der Waals surface area contributed by atoms with Crippen molar-refractivity contribution in [1.29, 1.82) is 0 Å². The largest absolute Gasteiger partial charge is 0.343 e. The summed E-state index contributed by atoms with van der Waals surface area (Å²) in [4.78, 5) is 16.4. The summed E-state index contributed by atoms with van der Waals surface area (Å²) in [6.07, 6.45) is 0. The molecule has 1 N–H and O–H groups in total. The van der Waals surface area contributed by atoms with Crippen molar-refractivity contribution in [3.63, 3.8) is 0 Å². The molecule has 0 saturated heterocycles. The highest BCUT2D eigenvalue weighted by Gasteiger charge is 2.11. The fourth-order valence-electron chi connectivity index (χ4n) is 2.17. The molecule has 0 aliphatic heterocycles. The van der Waals surface area contributed by atoms with Gasteiger partial charge >= 0.3 is 0 Å². The molecule has 0 saturated carbocycles. The van der Waals surface area contributed by atoms with Gasteiger partial charge in [-0.15, -0.1) is 0 Å². The second-order valence-corrected chi connectivity index (χ2v) is 5.36. The van der Waals surface area contributed by atoms with Crippen LogP contribution in [0.2, 0.25) is 0 Å². The van der Waals surface area contributed by atoms with Crippen molar-refractivity contribution in [2.45, 2.75) is 20.4 Å². The van der Waals surface area contributed by atoms with Gasteiger partial charge in [-0.2, -0.15) is 4.98 Å². The third-order valence-corrected chi connectivity index (χ3v) is 3.67. The number of rotatable bonds is 4. The van der Waals surface area contributed by atoms with E-state index in [9.17, 15) is 4.79 Å². The summed E-state index contributed by atoms with van der Waals surface area (Å²) in [6.45, 7) is 4.20. The maximum Gasteiger partial charge on any atom is 0.251 e. The molecule has 0 aliphatic rings. The normalized spacial score (nSPS) is 10.5. The van der Waals surface area contributed by atoms with Gasteiger partial charge in [0.1, 0.15) is 0 Å². The zero-order valence-electron chi connectivity index (χ0n) is 13.0. The van der Waals surface area contributed by atoms with Crippen molar-refractivity contribution in [3.8, 4) is 11.4 Å². The van der Waals surface area contributed by atoms with Crippen LogP contribution in [0.4, 0.5) is 0 Å². The monoisotopic (exact) mass is 307 g/mol. The van der Waals surface area contributed by atoms with Crippen LogP contribution >= 0.6 is 0 Å². The standard InChI is InChI=1S/C18H17N3O2/c1-12-8-9-15(10-13(12)2)18(22)19-11-16-20-17(21-23-16)14-6-4-3-5-7-14/h3-10H,11H2,1-2H3,(H,19,22). The van der Waals surface area contributed by atoms with E-state index in [2.05, 4.69) is 15.5 Å². The van der Waals surface area contributed by atoms with Gasteiger partial charge in [-0.3, -0.25) is 4.79 Å². The first-order valence-electron chi connectivity index (χ1n) is 7.37. The zero-order valence-corrected chi connectivity index (χ0v) is 13.0. The highest BCUT2D eigenvalue weighted by Crippen LogP contribution is 2.15. The van der Waals surface area contributed by atoms with Gasteiger partial charge in [0, 0.05) is 11.1 Å². The second kappa shape index (κ2) is 6.44. The van der Waals surface area contributed by atoms with E-state index in [1.807, 2.05) is 56.3 Å². The topological polar surface area (TPSA) is 68.0 Å². The smallest absolute Gasteiger partial charge is 0.251 e. The summed E-state index contributed by atoms with van der Waals surface area (Å²) in [7, 11) is 0. The van der Waals surface area contributed by atoms with E-state index in [-0.39, 0.29) is 12.5 Å². The first kappa shape index (κ1) is 15.0. The Morgan fingerprint density at radius 2 is 1.87 bits per heavy atom. The molecule has 0 atom stereocenters. The predicted molar refractivity (Wildman–Crippen MR) is 86.8 cm³/mol. The molecule has 0 radical (unpaired) electrons. The molecule has 0 aliphatic carbocycles. The van der Waals surface area contributed by atoms with Crippen LogP contribution in [0.1, 0.15) is 27.4 Å². The minimum absolute atomic E-state index is 0.160. The van der Waals surface area contributed by atoms with Crippen LogP contribution in [-0.2, 0) is 6.54 Å². The molecular formula is C18H17N3O2. The number of aromatic nitrogens is 2. The van der Waals surface area contributed by atoms with Crippen LogP contribution in [0.3, 0.4) is 0 Å². The number of hydrogen-bond donors (Lipinski definition) is 1. The molecule has 0 fully saturated rings. The van der Waals surface area contributed by atoms with Crippen molar-refractivity contribution >= 4 is 5.91 Å². The number of hydrogen-bond acceptors (Lipinski definition) is 4. The van der Waals surface area contributed by atoms with Crippen LogP contribution in [0.15, 0.2) is 53.1 Å². The van der Waals surface area contributed by atoms with Crippen molar-refractivity contribution in [1.82, 2.24) is 15.5 Å². The lowest BCUT2D eigenvalue weighted by Crippen LogP contribution is -2.23. The fraction of sp³-hybridized carbons (Fsp3) is 0.167. The number of amides is 1. The van der Waals surface area contributed by atoms with Gasteiger partial charge in [0.25, 0.3) is 5.91 Å². The van der Waals surface area contributed by atoms with Crippen molar-refractivity contribution in [3.05, 3.63) is 71.1 Å². The molecule has 0 spiro atoms. The van der Waals surface area contributed by atoms with Crippen LogP contribution in [0.25, 0.3) is 11.4 Å². The van der Waals surface area contributed by atoms with Gasteiger partial charge in [0.05, 0.1) is 6.54 Å². The predicted octanol–water partition coefficient (Wildman–Crippen LogP) is 3.28. The summed E-state index contributed by atoms with van der Waals surface area (Å²) >= 11 is 0. The molecule has 0 bridgehead atoms. The van der Waals surface area contributed by atoms with Crippen LogP contribution in [0.5, 0.6) is 0 Å². The van der Waals surface area contributed by atoms with Crippen LogP contribution < -0.4 is 5.32 Å². The average molecular weight is 307 g/mol. The molecule has 23 heavy (non-hydrogen) atoms.